The van der Waals surface area contributed by atoms with E-state index in [-0.39, 0.29) is 36.3 Å². The molecule has 1 saturated heterocycles. The van der Waals surface area contributed by atoms with Crippen LogP contribution in [0.25, 0.3) is 0 Å². The van der Waals surface area contributed by atoms with Crippen LogP contribution in [0, 0.1) is 11.7 Å². The van der Waals surface area contributed by atoms with Gasteiger partial charge >= 0.3 is 0 Å². The number of hydrogen-bond donors (Lipinski definition) is 2. The van der Waals surface area contributed by atoms with E-state index in [1.807, 2.05) is 29.2 Å². The van der Waals surface area contributed by atoms with E-state index in [1.54, 1.807) is 12.1 Å². The van der Waals surface area contributed by atoms with E-state index >= 15 is 0 Å². The van der Waals surface area contributed by atoms with Crippen LogP contribution in [-0.2, 0) is 11.2 Å². The molecule has 0 saturated carbocycles. The lowest BCUT2D eigenvalue weighted by molar-refractivity contribution is -0.121. The molecule has 0 bridgehead atoms. The van der Waals surface area contributed by atoms with Crippen LogP contribution >= 0.6 is 35.6 Å². The van der Waals surface area contributed by atoms with Gasteiger partial charge in [-0.05, 0) is 48.4 Å². The van der Waals surface area contributed by atoms with E-state index in [0.29, 0.717) is 17.4 Å². The molecule has 1 fully saturated rings. The quantitative estimate of drug-likeness (QED) is 0.332. The number of hydrogen-bond acceptors (Lipinski definition) is 3. The molecular formula is C21H26ClFIN5O. The SMILES string of the molecule is I.NC(=O)C(CN=C(N)N1CCN(c2ccc(Cl)cc2)CC1)Cc1ccc(F)cc1. The largest absolute Gasteiger partial charge is 0.370 e. The van der Waals surface area contributed by atoms with Crippen molar-refractivity contribution in [2.24, 2.45) is 22.4 Å². The normalized spacial score (nSPS) is 15.5. The molecule has 1 aliphatic heterocycles. The average molecular weight is 546 g/mol. The van der Waals surface area contributed by atoms with E-state index in [1.165, 1.54) is 12.1 Å². The summed E-state index contributed by atoms with van der Waals surface area (Å²) in [6, 6.07) is 13.8. The third-order valence-corrected chi connectivity index (χ3v) is 5.32. The second kappa shape index (κ2) is 11.4. The number of carbonyl (C=O) groups excluding carboxylic acids is 1. The molecule has 162 valence electrons. The number of guanidine groups is 1. The van der Waals surface area contributed by atoms with Crippen molar-refractivity contribution in [1.82, 2.24) is 4.90 Å². The summed E-state index contributed by atoms with van der Waals surface area (Å²) in [5, 5.41) is 0.716. The molecule has 2 aromatic carbocycles. The third-order valence-electron chi connectivity index (χ3n) is 5.07. The van der Waals surface area contributed by atoms with E-state index in [4.69, 9.17) is 23.1 Å². The second-order valence-corrected chi connectivity index (χ2v) is 7.52. The van der Waals surface area contributed by atoms with Crippen molar-refractivity contribution in [2.75, 3.05) is 37.6 Å². The number of halogens is 3. The van der Waals surface area contributed by atoms with Crippen LogP contribution in [0.3, 0.4) is 0 Å². The predicted octanol–water partition coefficient (Wildman–Crippen LogP) is 2.88. The minimum atomic E-state index is -0.491. The zero-order chi connectivity index (χ0) is 20.8. The minimum Gasteiger partial charge on any atom is -0.370 e. The van der Waals surface area contributed by atoms with Gasteiger partial charge in [-0.15, -0.1) is 24.0 Å². The zero-order valence-corrected chi connectivity index (χ0v) is 19.6. The number of benzene rings is 2. The molecule has 6 nitrogen and oxygen atoms in total. The number of amides is 1. The molecule has 1 aliphatic rings. The first-order valence-electron chi connectivity index (χ1n) is 9.51. The van der Waals surface area contributed by atoms with Gasteiger partial charge in [-0.3, -0.25) is 9.79 Å². The first kappa shape index (κ1) is 24.2. The summed E-state index contributed by atoms with van der Waals surface area (Å²) in [6.07, 6.45) is 0.400. The second-order valence-electron chi connectivity index (χ2n) is 7.08. The standard InChI is InChI=1S/C21H25ClFN5O.HI/c22-17-3-7-19(8-4-17)27-9-11-28(12-10-27)21(25)26-14-16(20(24)29)13-15-1-5-18(23)6-2-15;/h1-8,16H,9-14H2,(H2,24,29)(H2,25,26);1H. The van der Waals surface area contributed by atoms with Gasteiger partial charge in [0.1, 0.15) is 5.82 Å². The summed E-state index contributed by atoms with van der Waals surface area (Å²) in [6.45, 7) is 3.30. The van der Waals surface area contributed by atoms with Crippen LogP contribution in [0.2, 0.25) is 5.02 Å². The van der Waals surface area contributed by atoms with Crippen molar-refractivity contribution < 1.29 is 9.18 Å². The molecular weight excluding hydrogens is 520 g/mol. The Morgan fingerprint density at radius 1 is 1.03 bits per heavy atom. The van der Waals surface area contributed by atoms with Gasteiger partial charge in [-0.2, -0.15) is 0 Å². The molecule has 1 unspecified atom stereocenters. The highest BCUT2D eigenvalue weighted by atomic mass is 127. The summed E-state index contributed by atoms with van der Waals surface area (Å²) in [4.78, 5) is 20.5. The number of primary amides is 1. The zero-order valence-electron chi connectivity index (χ0n) is 16.5. The Morgan fingerprint density at radius 2 is 1.63 bits per heavy atom. The van der Waals surface area contributed by atoms with Crippen LogP contribution < -0.4 is 16.4 Å². The molecule has 0 aliphatic carbocycles. The molecule has 4 N–H and O–H groups in total. The van der Waals surface area contributed by atoms with Crippen molar-refractivity contribution in [2.45, 2.75) is 6.42 Å². The number of nitrogens with two attached hydrogens (primary N) is 2. The lowest BCUT2D eigenvalue weighted by atomic mass is 9.99. The van der Waals surface area contributed by atoms with Gasteiger partial charge in [0.25, 0.3) is 0 Å². The summed E-state index contributed by atoms with van der Waals surface area (Å²) >= 11 is 5.95. The summed E-state index contributed by atoms with van der Waals surface area (Å²) in [5.74, 6) is -0.844. The minimum absolute atomic E-state index is 0. The molecule has 0 aromatic heterocycles. The molecule has 3 rings (SSSR count). The van der Waals surface area contributed by atoms with Crippen LogP contribution in [0.15, 0.2) is 53.5 Å². The molecule has 0 spiro atoms. The molecule has 1 amide bonds. The maximum atomic E-state index is 13.1. The summed E-state index contributed by atoms with van der Waals surface area (Å²) < 4.78 is 13.1. The fraction of sp³-hybridized carbons (Fsp3) is 0.333. The van der Waals surface area contributed by atoms with Crippen LogP contribution in [0.1, 0.15) is 5.56 Å². The van der Waals surface area contributed by atoms with Crippen LogP contribution in [-0.4, -0.2) is 49.5 Å². The average Bonchev–Trinajstić information content (AvgIpc) is 2.72. The molecule has 0 radical (unpaired) electrons. The van der Waals surface area contributed by atoms with Gasteiger partial charge in [-0.25, -0.2) is 4.39 Å². The lowest BCUT2D eigenvalue weighted by Gasteiger charge is -2.36. The fourth-order valence-electron chi connectivity index (χ4n) is 3.31. The van der Waals surface area contributed by atoms with Gasteiger partial charge < -0.3 is 21.3 Å². The molecule has 1 heterocycles. The van der Waals surface area contributed by atoms with Gasteiger partial charge in [-0.1, -0.05) is 23.7 Å². The van der Waals surface area contributed by atoms with Crippen LogP contribution in [0.4, 0.5) is 10.1 Å². The number of anilines is 1. The Hall–Kier alpha value is -2.07. The van der Waals surface area contributed by atoms with Crippen LogP contribution in [0.5, 0.6) is 0 Å². The number of piperazine rings is 1. The summed E-state index contributed by atoms with van der Waals surface area (Å²) in [5.41, 5.74) is 13.6. The first-order valence-corrected chi connectivity index (χ1v) is 9.89. The molecule has 2 aromatic rings. The van der Waals surface area contributed by atoms with Gasteiger partial charge in [0.2, 0.25) is 5.91 Å². The number of carbonyl (C=O) groups is 1. The highest BCUT2D eigenvalue weighted by molar-refractivity contribution is 14.0. The Labute approximate surface area is 198 Å². The molecule has 1 atom stereocenters. The topological polar surface area (TPSA) is 87.9 Å². The van der Waals surface area contributed by atoms with E-state index in [0.717, 1.165) is 37.4 Å². The Morgan fingerprint density at radius 3 is 2.20 bits per heavy atom. The lowest BCUT2D eigenvalue weighted by Crippen LogP contribution is -2.51. The van der Waals surface area contributed by atoms with Gasteiger partial charge in [0.15, 0.2) is 5.96 Å². The van der Waals surface area contributed by atoms with Crippen molar-refractivity contribution in [3.8, 4) is 0 Å². The predicted molar refractivity (Wildman–Crippen MR) is 130 cm³/mol. The molecule has 30 heavy (non-hydrogen) atoms. The van der Waals surface area contributed by atoms with E-state index in [2.05, 4.69) is 9.89 Å². The Bertz CT molecular complexity index is 855. The van der Waals surface area contributed by atoms with Gasteiger partial charge in [0.05, 0.1) is 12.5 Å². The fourth-order valence-corrected chi connectivity index (χ4v) is 3.44. The van der Waals surface area contributed by atoms with Crippen molar-refractivity contribution in [3.05, 3.63) is 64.9 Å². The van der Waals surface area contributed by atoms with E-state index < -0.39 is 11.8 Å². The smallest absolute Gasteiger partial charge is 0.222 e. The summed E-state index contributed by atoms with van der Waals surface area (Å²) in [7, 11) is 0. The Balaban J connectivity index is 0.00000320. The molecule has 9 heteroatoms. The van der Waals surface area contributed by atoms with E-state index in [9.17, 15) is 9.18 Å². The third kappa shape index (κ3) is 6.73. The number of aliphatic imine (C=N–C) groups is 1. The first-order chi connectivity index (χ1) is 13.9. The van der Waals surface area contributed by atoms with Crippen molar-refractivity contribution in [3.63, 3.8) is 0 Å². The highest BCUT2D eigenvalue weighted by Crippen LogP contribution is 2.19. The van der Waals surface area contributed by atoms with Crippen molar-refractivity contribution in [1.29, 1.82) is 0 Å². The maximum absolute atomic E-state index is 13.1. The number of rotatable bonds is 6. The number of nitrogens with zero attached hydrogens (tertiary/aromatic N) is 3. The highest BCUT2D eigenvalue weighted by Gasteiger charge is 2.20. The van der Waals surface area contributed by atoms with Crippen molar-refractivity contribution >= 4 is 53.1 Å². The maximum Gasteiger partial charge on any atom is 0.222 e. The van der Waals surface area contributed by atoms with Gasteiger partial charge in [0, 0.05) is 36.9 Å². The monoisotopic (exact) mass is 545 g/mol. The Kier molecular flexibility index (Phi) is 9.16.